The van der Waals surface area contributed by atoms with Gasteiger partial charge in [-0.2, -0.15) is 0 Å². The van der Waals surface area contributed by atoms with Crippen LogP contribution in [0.4, 0.5) is 0 Å². The Bertz CT molecular complexity index is 484. The number of fused-ring (bicyclic) bond motifs is 1. The number of carboxylic acids is 1. The summed E-state index contributed by atoms with van der Waals surface area (Å²) in [5.41, 5.74) is 2.33. The standard InChI is InChI=1S/C15H19NO3/c1-10(15(18)19)9-16-14(17)13-8-4-6-11-5-2-3-7-12(11)13/h2-3,5,7,10,13H,4,6,8-9H2,1H3,(H,16,17)(H,18,19). The van der Waals surface area contributed by atoms with Crippen molar-refractivity contribution >= 4 is 11.9 Å². The van der Waals surface area contributed by atoms with Gasteiger partial charge in [-0.05, 0) is 30.4 Å². The minimum atomic E-state index is -0.885. The highest BCUT2D eigenvalue weighted by atomic mass is 16.4. The maximum Gasteiger partial charge on any atom is 0.308 e. The van der Waals surface area contributed by atoms with E-state index in [9.17, 15) is 9.59 Å². The summed E-state index contributed by atoms with van der Waals surface area (Å²) < 4.78 is 0. The van der Waals surface area contributed by atoms with Crippen molar-refractivity contribution in [2.45, 2.75) is 32.1 Å². The van der Waals surface area contributed by atoms with Gasteiger partial charge in [0.05, 0.1) is 11.8 Å². The number of benzene rings is 1. The molecule has 1 amide bonds. The van der Waals surface area contributed by atoms with E-state index in [2.05, 4.69) is 11.4 Å². The lowest BCUT2D eigenvalue weighted by Gasteiger charge is -2.25. The monoisotopic (exact) mass is 261 g/mol. The fourth-order valence-electron chi connectivity index (χ4n) is 2.49. The van der Waals surface area contributed by atoms with Gasteiger partial charge in [0.15, 0.2) is 0 Å². The summed E-state index contributed by atoms with van der Waals surface area (Å²) in [6.07, 6.45) is 2.86. The number of aliphatic carboxylic acids is 1. The van der Waals surface area contributed by atoms with E-state index in [0.717, 1.165) is 24.8 Å². The molecule has 0 saturated heterocycles. The molecule has 0 bridgehead atoms. The number of amides is 1. The molecule has 19 heavy (non-hydrogen) atoms. The largest absolute Gasteiger partial charge is 0.481 e. The zero-order valence-corrected chi connectivity index (χ0v) is 11.1. The van der Waals surface area contributed by atoms with Gasteiger partial charge in [0.1, 0.15) is 0 Å². The van der Waals surface area contributed by atoms with Crippen molar-refractivity contribution in [1.29, 1.82) is 0 Å². The maximum atomic E-state index is 12.2. The number of aryl methyl sites for hydroxylation is 1. The summed E-state index contributed by atoms with van der Waals surface area (Å²) in [6, 6.07) is 8.00. The molecule has 1 aromatic rings. The Morgan fingerprint density at radius 2 is 2.16 bits per heavy atom. The van der Waals surface area contributed by atoms with Gasteiger partial charge in [-0.25, -0.2) is 0 Å². The summed E-state index contributed by atoms with van der Waals surface area (Å²) >= 11 is 0. The van der Waals surface area contributed by atoms with Crippen LogP contribution in [0.15, 0.2) is 24.3 Å². The normalized spacial score (nSPS) is 19.3. The topological polar surface area (TPSA) is 66.4 Å². The smallest absolute Gasteiger partial charge is 0.308 e. The Hall–Kier alpha value is -1.84. The molecule has 1 aliphatic carbocycles. The molecule has 1 aromatic carbocycles. The molecule has 2 atom stereocenters. The predicted molar refractivity (Wildman–Crippen MR) is 71.9 cm³/mol. The molecule has 0 spiro atoms. The maximum absolute atomic E-state index is 12.2. The van der Waals surface area contributed by atoms with Gasteiger partial charge in [-0.15, -0.1) is 0 Å². The average Bonchev–Trinajstić information content (AvgIpc) is 2.43. The molecular weight excluding hydrogens is 242 g/mol. The zero-order chi connectivity index (χ0) is 13.8. The van der Waals surface area contributed by atoms with E-state index in [1.807, 2.05) is 18.2 Å². The van der Waals surface area contributed by atoms with Crippen LogP contribution in [0.2, 0.25) is 0 Å². The minimum absolute atomic E-state index is 0.0553. The molecule has 4 heteroatoms. The molecule has 4 nitrogen and oxygen atoms in total. The Kier molecular flexibility index (Phi) is 4.20. The molecule has 0 saturated carbocycles. The van der Waals surface area contributed by atoms with Gasteiger partial charge in [0, 0.05) is 6.54 Å². The molecule has 2 rings (SSSR count). The van der Waals surface area contributed by atoms with Crippen LogP contribution >= 0.6 is 0 Å². The quantitative estimate of drug-likeness (QED) is 0.870. The first-order valence-electron chi connectivity index (χ1n) is 6.68. The molecule has 0 aliphatic heterocycles. The van der Waals surface area contributed by atoms with Gasteiger partial charge in [-0.1, -0.05) is 31.2 Å². The van der Waals surface area contributed by atoms with Crippen molar-refractivity contribution in [1.82, 2.24) is 5.32 Å². The van der Waals surface area contributed by atoms with Crippen LogP contribution in [0.25, 0.3) is 0 Å². The van der Waals surface area contributed by atoms with Crippen molar-refractivity contribution in [2.75, 3.05) is 6.54 Å². The summed E-state index contributed by atoms with van der Waals surface area (Å²) in [7, 11) is 0. The van der Waals surface area contributed by atoms with Crippen LogP contribution in [0, 0.1) is 5.92 Å². The molecular formula is C15H19NO3. The first-order valence-corrected chi connectivity index (χ1v) is 6.68. The van der Waals surface area contributed by atoms with Crippen molar-refractivity contribution in [3.8, 4) is 0 Å². The number of nitrogens with one attached hydrogen (secondary N) is 1. The van der Waals surface area contributed by atoms with Crippen molar-refractivity contribution in [3.05, 3.63) is 35.4 Å². The van der Waals surface area contributed by atoms with Gasteiger partial charge < -0.3 is 10.4 Å². The van der Waals surface area contributed by atoms with E-state index in [1.54, 1.807) is 6.92 Å². The number of hydrogen-bond acceptors (Lipinski definition) is 2. The van der Waals surface area contributed by atoms with Crippen molar-refractivity contribution < 1.29 is 14.7 Å². The van der Waals surface area contributed by atoms with Gasteiger partial charge in [-0.3, -0.25) is 9.59 Å². The Morgan fingerprint density at radius 3 is 2.89 bits per heavy atom. The van der Waals surface area contributed by atoms with Crippen LogP contribution in [-0.4, -0.2) is 23.5 Å². The van der Waals surface area contributed by atoms with Crippen molar-refractivity contribution in [3.63, 3.8) is 0 Å². The summed E-state index contributed by atoms with van der Waals surface area (Å²) in [5.74, 6) is -1.63. The van der Waals surface area contributed by atoms with Crippen LogP contribution in [0.5, 0.6) is 0 Å². The zero-order valence-electron chi connectivity index (χ0n) is 11.1. The summed E-state index contributed by atoms with van der Waals surface area (Å²) in [4.78, 5) is 22.9. The second-order valence-electron chi connectivity index (χ2n) is 5.13. The molecule has 2 unspecified atom stereocenters. The highest BCUT2D eigenvalue weighted by molar-refractivity contribution is 5.84. The summed E-state index contributed by atoms with van der Waals surface area (Å²) in [5, 5.41) is 11.6. The lowest BCUT2D eigenvalue weighted by Crippen LogP contribution is -2.36. The number of hydrogen-bond donors (Lipinski definition) is 2. The number of carbonyl (C=O) groups is 2. The summed E-state index contributed by atoms with van der Waals surface area (Å²) in [6.45, 7) is 1.78. The van der Waals surface area contributed by atoms with E-state index in [4.69, 9.17) is 5.11 Å². The fourth-order valence-corrected chi connectivity index (χ4v) is 2.49. The SMILES string of the molecule is CC(CNC(=O)C1CCCc2ccccc21)C(=O)O. The number of rotatable bonds is 4. The van der Waals surface area contributed by atoms with E-state index >= 15 is 0 Å². The number of carboxylic acid groups (broad SMARTS) is 1. The lowest BCUT2D eigenvalue weighted by molar-refractivity contribution is -0.141. The predicted octanol–water partition coefficient (Wildman–Crippen LogP) is 1.94. The van der Waals surface area contributed by atoms with E-state index in [1.165, 1.54) is 5.56 Å². The third kappa shape index (κ3) is 3.13. The molecule has 0 radical (unpaired) electrons. The molecule has 102 valence electrons. The third-order valence-electron chi connectivity index (χ3n) is 3.69. The molecule has 0 aromatic heterocycles. The van der Waals surface area contributed by atoms with E-state index < -0.39 is 11.9 Å². The highest BCUT2D eigenvalue weighted by Gasteiger charge is 2.26. The molecule has 0 fully saturated rings. The van der Waals surface area contributed by atoms with Gasteiger partial charge in [0.25, 0.3) is 0 Å². The molecule has 2 N–H and O–H groups in total. The Labute approximate surface area is 112 Å². The first-order chi connectivity index (χ1) is 9.09. The first kappa shape index (κ1) is 13.6. The van der Waals surface area contributed by atoms with E-state index in [-0.39, 0.29) is 18.4 Å². The second kappa shape index (κ2) is 5.87. The Morgan fingerprint density at radius 1 is 1.42 bits per heavy atom. The third-order valence-corrected chi connectivity index (χ3v) is 3.69. The minimum Gasteiger partial charge on any atom is -0.481 e. The lowest BCUT2D eigenvalue weighted by atomic mass is 9.82. The van der Waals surface area contributed by atoms with Gasteiger partial charge in [0.2, 0.25) is 5.91 Å². The second-order valence-corrected chi connectivity index (χ2v) is 5.13. The van der Waals surface area contributed by atoms with Crippen LogP contribution < -0.4 is 5.32 Å². The Balaban J connectivity index is 2.03. The highest BCUT2D eigenvalue weighted by Crippen LogP contribution is 2.31. The number of carbonyl (C=O) groups excluding carboxylic acids is 1. The van der Waals surface area contributed by atoms with E-state index in [0.29, 0.717) is 0 Å². The molecule has 0 heterocycles. The average molecular weight is 261 g/mol. The van der Waals surface area contributed by atoms with Crippen LogP contribution in [0.3, 0.4) is 0 Å². The fraction of sp³-hybridized carbons (Fsp3) is 0.467. The molecule has 1 aliphatic rings. The van der Waals surface area contributed by atoms with Crippen molar-refractivity contribution in [2.24, 2.45) is 5.92 Å². The van der Waals surface area contributed by atoms with Gasteiger partial charge >= 0.3 is 5.97 Å². The van der Waals surface area contributed by atoms with Crippen LogP contribution in [0.1, 0.15) is 36.8 Å². The van der Waals surface area contributed by atoms with Crippen LogP contribution in [-0.2, 0) is 16.0 Å².